The Bertz CT molecular complexity index is 695. The van der Waals surface area contributed by atoms with Crippen molar-refractivity contribution in [2.24, 2.45) is 0 Å². The number of benzene rings is 1. The Labute approximate surface area is 149 Å². The van der Waals surface area contributed by atoms with Gasteiger partial charge in [-0.15, -0.1) is 23.1 Å². The van der Waals surface area contributed by atoms with Crippen LogP contribution in [0.3, 0.4) is 0 Å². The van der Waals surface area contributed by atoms with Gasteiger partial charge in [-0.05, 0) is 48.4 Å². The minimum absolute atomic E-state index is 0.230. The number of amides is 1. The number of rotatable bonds is 4. The maximum Gasteiger partial charge on any atom is 0.245 e. The maximum atomic E-state index is 11.8. The lowest BCUT2D eigenvalue weighted by atomic mass is 9.94. The molecule has 3 nitrogen and oxygen atoms in total. The fraction of sp³-hybridized carbons (Fsp3) is 0.353. The standard InChI is InChI=1S/C17H18ClNO2S2/c18-13-5-3-4-12(10-13)14-6-7-15(23-14)17(11-16(20)19-21)8-1-2-9-22-17/h3-7,10,21H,1-2,8-9,11H2,(H,19,20)/t17-/m0/s1. The molecular weight excluding hydrogens is 350 g/mol. The first kappa shape index (κ1) is 16.8. The summed E-state index contributed by atoms with van der Waals surface area (Å²) in [7, 11) is 0. The van der Waals surface area contributed by atoms with Crippen molar-refractivity contribution in [3.8, 4) is 10.4 Å². The van der Waals surface area contributed by atoms with E-state index < -0.39 is 0 Å². The molecule has 0 radical (unpaired) electrons. The predicted octanol–water partition coefficient (Wildman–Crippen LogP) is 5.08. The van der Waals surface area contributed by atoms with E-state index in [1.54, 1.807) is 16.8 Å². The number of carbonyl (C=O) groups is 1. The molecule has 1 saturated heterocycles. The molecule has 2 aromatic rings. The Hall–Kier alpha value is -1.01. The molecule has 0 bridgehead atoms. The third-order valence-electron chi connectivity index (χ3n) is 4.09. The van der Waals surface area contributed by atoms with Crippen molar-refractivity contribution in [1.82, 2.24) is 5.48 Å². The van der Waals surface area contributed by atoms with Crippen LogP contribution in [0.4, 0.5) is 0 Å². The highest BCUT2D eigenvalue weighted by atomic mass is 35.5. The third kappa shape index (κ3) is 3.74. The Morgan fingerprint density at radius 1 is 1.30 bits per heavy atom. The van der Waals surface area contributed by atoms with Gasteiger partial charge in [-0.25, -0.2) is 5.48 Å². The van der Waals surface area contributed by atoms with E-state index >= 15 is 0 Å². The molecular formula is C17H18ClNO2S2. The second kappa shape index (κ2) is 7.26. The van der Waals surface area contributed by atoms with E-state index in [0.29, 0.717) is 6.42 Å². The van der Waals surface area contributed by atoms with E-state index in [0.717, 1.165) is 34.1 Å². The second-order valence-electron chi connectivity index (χ2n) is 5.69. The third-order valence-corrected chi connectivity index (χ3v) is 7.40. The smallest absolute Gasteiger partial charge is 0.245 e. The lowest BCUT2D eigenvalue weighted by molar-refractivity contribution is -0.129. The van der Waals surface area contributed by atoms with E-state index in [9.17, 15) is 4.79 Å². The van der Waals surface area contributed by atoms with Crippen LogP contribution < -0.4 is 5.48 Å². The molecule has 6 heteroatoms. The molecule has 0 saturated carbocycles. The van der Waals surface area contributed by atoms with Crippen LogP contribution in [0.15, 0.2) is 36.4 Å². The van der Waals surface area contributed by atoms with Gasteiger partial charge in [0.25, 0.3) is 0 Å². The van der Waals surface area contributed by atoms with Gasteiger partial charge in [-0.1, -0.05) is 30.2 Å². The minimum atomic E-state index is -0.322. The van der Waals surface area contributed by atoms with Crippen LogP contribution in [0.2, 0.25) is 5.02 Å². The Morgan fingerprint density at radius 2 is 2.17 bits per heavy atom. The van der Waals surface area contributed by atoms with E-state index in [-0.39, 0.29) is 10.7 Å². The number of hydroxylamine groups is 1. The Kier molecular flexibility index (Phi) is 5.31. The van der Waals surface area contributed by atoms with Gasteiger partial charge in [0.05, 0.1) is 4.75 Å². The summed E-state index contributed by atoms with van der Waals surface area (Å²) in [6.07, 6.45) is 3.56. The number of halogens is 1. The summed E-state index contributed by atoms with van der Waals surface area (Å²) in [5.74, 6) is 0.723. The fourth-order valence-corrected chi connectivity index (χ4v) is 6.03. The van der Waals surface area contributed by atoms with Gasteiger partial charge in [-0.2, -0.15) is 0 Å². The van der Waals surface area contributed by atoms with E-state index in [1.165, 1.54) is 11.3 Å². The molecule has 0 unspecified atom stereocenters. The molecule has 2 heterocycles. The number of thioether (sulfide) groups is 1. The molecule has 1 aliphatic rings. The summed E-state index contributed by atoms with van der Waals surface area (Å²) in [5.41, 5.74) is 2.88. The maximum absolute atomic E-state index is 11.8. The predicted molar refractivity (Wildman–Crippen MR) is 97.3 cm³/mol. The normalized spacial score (nSPS) is 21.1. The highest BCUT2D eigenvalue weighted by molar-refractivity contribution is 8.00. The molecule has 0 spiro atoms. The van der Waals surface area contributed by atoms with E-state index in [4.69, 9.17) is 16.8 Å². The average molecular weight is 368 g/mol. The van der Waals surface area contributed by atoms with Crippen LogP contribution in [-0.4, -0.2) is 16.9 Å². The van der Waals surface area contributed by atoms with Crippen molar-refractivity contribution in [3.05, 3.63) is 46.3 Å². The number of carbonyl (C=O) groups excluding carboxylic acids is 1. The zero-order valence-corrected chi connectivity index (χ0v) is 14.9. The van der Waals surface area contributed by atoms with Crippen LogP contribution in [0.5, 0.6) is 0 Å². The van der Waals surface area contributed by atoms with Crippen molar-refractivity contribution in [2.75, 3.05) is 5.75 Å². The SMILES string of the molecule is O=C(C[C@]1(c2ccc(-c3cccc(Cl)c3)s2)CCCCS1)NO. The van der Waals surface area contributed by atoms with Crippen LogP contribution >= 0.6 is 34.7 Å². The molecule has 1 aromatic carbocycles. The lowest BCUT2D eigenvalue weighted by Crippen LogP contribution is -2.32. The molecule has 1 aromatic heterocycles. The zero-order chi connectivity index (χ0) is 16.3. The molecule has 2 N–H and O–H groups in total. The first-order valence-corrected chi connectivity index (χ1v) is 9.74. The van der Waals surface area contributed by atoms with Gasteiger partial charge >= 0.3 is 0 Å². The summed E-state index contributed by atoms with van der Waals surface area (Å²) >= 11 is 9.63. The van der Waals surface area contributed by atoms with Crippen molar-refractivity contribution < 1.29 is 10.0 Å². The minimum Gasteiger partial charge on any atom is -0.289 e. The van der Waals surface area contributed by atoms with Crippen molar-refractivity contribution in [2.45, 2.75) is 30.4 Å². The summed E-state index contributed by atoms with van der Waals surface area (Å²) in [5, 5.41) is 9.64. The van der Waals surface area contributed by atoms with Crippen molar-refractivity contribution >= 4 is 40.6 Å². The summed E-state index contributed by atoms with van der Waals surface area (Å²) in [4.78, 5) is 14.1. The highest BCUT2D eigenvalue weighted by Gasteiger charge is 2.38. The number of hydrogen-bond donors (Lipinski definition) is 2. The molecule has 3 rings (SSSR count). The number of hydrogen-bond acceptors (Lipinski definition) is 4. The Balaban J connectivity index is 1.93. The first-order valence-electron chi connectivity index (χ1n) is 7.56. The lowest BCUT2D eigenvalue weighted by Gasteiger charge is -2.35. The molecule has 1 aliphatic heterocycles. The number of thiophene rings is 1. The van der Waals surface area contributed by atoms with E-state index in [1.807, 2.05) is 36.0 Å². The number of nitrogens with one attached hydrogen (secondary N) is 1. The summed E-state index contributed by atoms with van der Waals surface area (Å²) in [6, 6.07) is 12.0. The monoisotopic (exact) mass is 367 g/mol. The van der Waals surface area contributed by atoms with Crippen LogP contribution in [-0.2, 0) is 9.54 Å². The molecule has 1 atom stereocenters. The van der Waals surface area contributed by atoms with Gasteiger partial charge in [0.2, 0.25) is 5.91 Å². The van der Waals surface area contributed by atoms with Gasteiger partial charge in [0.15, 0.2) is 0 Å². The Morgan fingerprint density at radius 3 is 2.87 bits per heavy atom. The quantitative estimate of drug-likeness (QED) is 0.585. The van der Waals surface area contributed by atoms with Gasteiger partial charge in [-0.3, -0.25) is 10.0 Å². The summed E-state index contributed by atoms with van der Waals surface area (Å²) < 4.78 is -0.230. The molecule has 1 fully saturated rings. The van der Waals surface area contributed by atoms with Crippen molar-refractivity contribution in [3.63, 3.8) is 0 Å². The van der Waals surface area contributed by atoms with Crippen LogP contribution in [0.25, 0.3) is 10.4 Å². The largest absolute Gasteiger partial charge is 0.289 e. The van der Waals surface area contributed by atoms with Gasteiger partial charge in [0, 0.05) is 21.2 Å². The zero-order valence-electron chi connectivity index (χ0n) is 12.5. The highest BCUT2D eigenvalue weighted by Crippen LogP contribution is 2.50. The second-order valence-corrected chi connectivity index (χ2v) is 8.68. The molecule has 23 heavy (non-hydrogen) atoms. The van der Waals surface area contributed by atoms with Crippen LogP contribution in [0.1, 0.15) is 30.6 Å². The molecule has 1 amide bonds. The fourth-order valence-electron chi connectivity index (χ4n) is 2.95. The summed E-state index contributed by atoms with van der Waals surface area (Å²) in [6.45, 7) is 0. The van der Waals surface area contributed by atoms with Crippen molar-refractivity contribution in [1.29, 1.82) is 0 Å². The van der Waals surface area contributed by atoms with Crippen LogP contribution in [0, 0.1) is 0 Å². The van der Waals surface area contributed by atoms with Gasteiger partial charge < -0.3 is 0 Å². The first-order chi connectivity index (χ1) is 11.1. The topological polar surface area (TPSA) is 49.3 Å². The molecule has 0 aliphatic carbocycles. The van der Waals surface area contributed by atoms with Gasteiger partial charge in [0.1, 0.15) is 0 Å². The molecule has 122 valence electrons. The van der Waals surface area contributed by atoms with E-state index in [2.05, 4.69) is 12.1 Å². The average Bonchev–Trinajstić information content (AvgIpc) is 3.06.